The Morgan fingerprint density at radius 1 is 1.14 bits per heavy atom. The number of aliphatic carboxylic acids is 1. The monoisotopic (exact) mass is 289 g/mol. The van der Waals surface area contributed by atoms with E-state index < -0.39 is 5.97 Å². The Hall–Kier alpha value is -1.84. The molecular weight excluding hydrogens is 266 g/mol. The molecule has 0 aliphatic heterocycles. The number of hydrogen-bond acceptors (Lipinski definition) is 2. The average molecular weight is 289 g/mol. The van der Waals surface area contributed by atoms with Gasteiger partial charge >= 0.3 is 5.97 Å². The molecule has 1 aromatic carbocycles. The van der Waals surface area contributed by atoms with Gasteiger partial charge < -0.3 is 10.4 Å². The number of aryl methyl sites for hydroxylation is 1. The molecule has 4 nitrogen and oxygen atoms in total. The lowest BCUT2D eigenvalue weighted by Crippen LogP contribution is -2.31. The third kappa shape index (κ3) is 4.31. The maximum Gasteiger partial charge on any atom is 0.306 e. The summed E-state index contributed by atoms with van der Waals surface area (Å²) in [5.74, 6) is -1.25. The number of carbonyl (C=O) groups excluding carboxylic acids is 1. The van der Waals surface area contributed by atoms with Crippen LogP contribution in [0.4, 0.5) is 0 Å². The quantitative estimate of drug-likeness (QED) is 0.845. The van der Waals surface area contributed by atoms with Crippen molar-refractivity contribution in [3.63, 3.8) is 0 Å². The molecule has 0 saturated heterocycles. The Balaban J connectivity index is 1.73. The number of rotatable bonds is 6. The molecule has 0 spiro atoms. The lowest BCUT2D eigenvalue weighted by Gasteiger charge is -2.11. The normalized spacial score (nSPS) is 21.2. The third-order valence-electron chi connectivity index (χ3n) is 4.30. The highest BCUT2D eigenvalue weighted by molar-refractivity contribution is 5.80. The van der Waals surface area contributed by atoms with E-state index >= 15 is 0 Å². The first kappa shape index (κ1) is 15.5. The number of carboxylic acids is 1. The fourth-order valence-corrected chi connectivity index (χ4v) is 2.86. The second kappa shape index (κ2) is 7.25. The maximum absolute atomic E-state index is 12.0. The van der Waals surface area contributed by atoms with Crippen LogP contribution in [0.5, 0.6) is 0 Å². The van der Waals surface area contributed by atoms with Gasteiger partial charge in [0.2, 0.25) is 5.91 Å². The molecule has 1 saturated carbocycles. The van der Waals surface area contributed by atoms with Gasteiger partial charge in [-0.05, 0) is 43.2 Å². The van der Waals surface area contributed by atoms with Crippen molar-refractivity contribution in [2.45, 2.75) is 39.0 Å². The smallest absolute Gasteiger partial charge is 0.306 e. The van der Waals surface area contributed by atoms with Crippen LogP contribution in [0.3, 0.4) is 0 Å². The summed E-state index contributed by atoms with van der Waals surface area (Å²) in [5, 5.41) is 11.9. The first-order valence-electron chi connectivity index (χ1n) is 7.68. The number of nitrogens with one attached hydrogen (secondary N) is 1. The van der Waals surface area contributed by atoms with Gasteiger partial charge in [-0.3, -0.25) is 9.59 Å². The lowest BCUT2D eigenvalue weighted by molar-refractivity contribution is -0.141. The molecule has 2 rings (SSSR count). The van der Waals surface area contributed by atoms with Crippen molar-refractivity contribution >= 4 is 11.9 Å². The summed E-state index contributed by atoms with van der Waals surface area (Å²) >= 11 is 0. The Kier molecular flexibility index (Phi) is 5.37. The highest BCUT2D eigenvalue weighted by Gasteiger charge is 2.33. The van der Waals surface area contributed by atoms with Crippen LogP contribution in [0.15, 0.2) is 24.3 Å². The minimum Gasteiger partial charge on any atom is -0.481 e. The molecule has 21 heavy (non-hydrogen) atoms. The van der Waals surface area contributed by atoms with Crippen LogP contribution >= 0.6 is 0 Å². The van der Waals surface area contributed by atoms with Gasteiger partial charge in [-0.15, -0.1) is 0 Å². The molecule has 1 fully saturated rings. The first-order chi connectivity index (χ1) is 10.1. The van der Waals surface area contributed by atoms with Gasteiger partial charge in [0.05, 0.1) is 5.92 Å². The Morgan fingerprint density at radius 2 is 1.76 bits per heavy atom. The number of carbonyl (C=O) groups is 2. The van der Waals surface area contributed by atoms with E-state index in [1.165, 1.54) is 11.1 Å². The maximum atomic E-state index is 12.0. The second-order valence-electron chi connectivity index (χ2n) is 5.76. The number of amides is 1. The van der Waals surface area contributed by atoms with Crippen LogP contribution in [-0.2, 0) is 22.4 Å². The van der Waals surface area contributed by atoms with Crippen molar-refractivity contribution in [3.8, 4) is 0 Å². The Labute approximate surface area is 125 Å². The molecule has 114 valence electrons. The van der Waals surface area contributed by atoms with E-state index in [0.29, 0.717) is 25.8 Å². The van der Waals surface area contributed by atoms with Crippen molar-refractivity contribution in [3.05, 3.63) is 35.4 Å². The molecule has 0 radical (unpaired) electrons. The Bertz CT molecular complexity index is 495. The van der Waals surface area contributed by atoms with Crippen LogP contribution < -0.4 is 5.32 Å². The van der Waals surface area contributed by atoms with Gasteiger partial charge in [0.15, 0.2) is 0 Å². The topological polar surface area (TPSA) is 66.4 Å². The van der Waals surface area contributed by atoms with Gasteiger partial charge in [-0.1, -0.05) is 31.2 Å². The second-order valence-corrected chi connectivity index (χ2v) is 5.76. The highest BCUT2D eigenvalue weighted by atomic mass is 16.4. The molecule has 1 aliphatic rings. The predicted octanol–water partition coefficient (Wildman–Crippen LogP) is 2.41. The van der Waals surface area contributed by atoms with Crippen molar-refractivity contribution < 1.29 is 14.7 Å². The summed E-state index contributed by atoms with van der Waals surface area (Å²) in [7, 11) is 0. The molecule has 0 unspecified atom stereocenters. The first-order valence-corrected chi connectivity index (χ1v) is 7.68. The SMILES string of the molecule is CCc1ccc(CCNC(=O)[C@@H]2CC[C@H](C(=O)O)C2)cc1. The van der Waals surface area contributed by atoms with Crippen molar-refractivity contribution in [1.29, 1.82) is 0 Å². The summed E-state index contributed by atoms with van der Waals surface area (Å²) in [5.41, 5.74) is 2.52. The van der Waals surface area contributed by atoms with E-state index in [2.05, 4.69) is 36.5 Å². The molecule has 1 aliphatic carbocycles. The number of carboxylic acid groups (broad SMARTS) is 1. The zero-order valence-corrected chi connectivity index (χ0v) is 12.5. The van der Waals surface area contributed by atoms with Gasteiger partial charge in [-0.25, -0.2) is 0 Å². The van der Waals surface area contributed by atoms with E-state index in [4.69, 9.17) is 5.11 Å². The molecule has 1 amide bonds. The zero-order chi connectivity index (χ0) is 15.2. The van der Waals surface area contributed by atoms with Gasteiger partial charge in [0.1, 0.15) is 0 Å². The summed E-state index contributed by atoms with van der Waals surface area (Å²) in [6, 6.07) is 8.43. The zero-order valence-electron chi connectivity index (χ0n) is 12.5. The van der Waals surface area contributed by atoms with Crippen molar-refractivity contribution in [2.24, 2.45) is 11.8 Å². The highest BCUT2D eigenvalue weighted by Crippen LogP contribution is 2.31. The minimum atomic E-state index is -0.777. The number of hydrogen-bond donors (Lipinski definition) is 2. The molecular formula is C17H23NO3. The fraction of sp³-hybridized carbons (Fsp3) is 0.529. The van der Waals surface area contributed by atoms with E-state index in [9.17, 15) is 9.59 Å². The summed E-state index contributed by atoms with van der Waals surface area (Å²) < 4.78 is 0. The van der Waals surface area contributed by atoms with E-state index in [0.717, 1.165) is 12.8 Å². The lowest BCUT2D eigenvalue weighted by atomic mass is 10.0. The van der Waals surface area contributed by atoms with Gasteiger partial charge in [-0.2, -0.15) is 0 Å². The van der Waals surface area contributed by atoms with Crippen LogP contribution in [-0.4, -0.2) is 23.5 Å². The summed E-state index contributed by atoms with van der Waals surface area (Å²) in [6.45, 7) is 2.74. The Morgan fingerprint density at radius 3 is 2.33 bits per heavy atom. The van der Waals surface area contributed by atoms with E-state index in [1.807, 2.05) is 0 Å². The van der Waals surface area contributed by atoms with E-state index in [-0.39, 0.29) is 17.7 Å². The molecule has 0 bridgehead atoms. The van der Waals surface area contributed by atoms with Crippen molar-refractivity contribution in [1.82, 2.24) is 5.32 Å². The van der Waals surface area contributed by atoms with E-state index in [1.54, 1.807) is 0 Å². The standard InChI is InChI=1S/C17H23NO3/c1-2-12-3-5-13(6-4-12)9-10-18-16(19)14-7-8-15(11-14)17(20)21/h3-6,14-15H,2,7-11H2,1H3,(H,18,19)(H,20,21)/t14-,15+/m1/s1. The molecule has 0 aromatic heterocycles. The summed E-state index contributed by atoms with van der Waals surface area (Å²) in [6.07, 6.45) is 3.63. The minimum absolute atomic E-state index is 0.00364. The number of benzene rings is 1. The van der Waals surface area contributed by atoms with Gasteiger partial charge in [0.25, 0.3) is 0 Å². The molecule has 4 heteroatoms. The summed E-state index contributed by atoms with van der Waals surface area (Å²) in [4.78, 5) is 22.9. The predicted molar refractivity (Wildman–Crippen MR) is 81.0 cm³/mol. The van der Waals surface area contributed by atoms with Crippen LogP contribution in [0.1, 0.15) is 37.3 Å². The molecule has 1 aromatic rings. The van der Waals surface area contributed by atoms with Crippen LogP contribution in [0.2, 0.25) is 0 Å². The largest absolute Gasteiger partial charge is 0.481 e. The third-order valence-corrected chi connectivity index (χ3v) is 4.30. The van der Waals surface area contributed by atoms with Crippen LogP contribution in [0.25, 0.3) is 0 Å². The molecule has 2 N–H and O–H groups in total. The average Bonchev–Trinajstić information content (AvgIpc) is 2.98. The molecule has 2 atom stereocenters. The van der Waals surface area contributed by atoms with Crippen molar-refractivity contribution in [2.75, 3.05) is 6.54 Å². The van der Waals surface area contributed by atoms with Gasteiger partial charge in [0, 0.05) is 12.5 Å². The molecule has 0 heterocycles. The van der Waals surface area contributed by atoms with Crippen LogP contribution in [0, 0.1) is 11.8 Å². The fourth-order valence-electron chi connectivity index (χ4n) is 2.86.